The number of primary amides is 1. The first-order chi connectivity index (χ1) is 12.6. The number of nitrogens with two attached hydrogens (primary N) is 2. The van der Waals surface area contributed by atoms with E-state index in [-0.39, 0.29) is 17.1 Å². The second-order valence-corrected chi connectivity index (χ2v) is 6.08. The van der Waals surface area contributed by atoms with Gasteiger partial charge in [0, 0.05) is 5.56 Å². The van der Waals surface area contributed by atoms with E-state index in [2.05, 4.69) is 15.1 Å². The number of quaternary nitrogens is 1. The number of furan rings is 1. The molecule has 130 valence electrons. The summed E-state index contributed by atoms with van der Waals surface area (Å²) in [5, 5.41) is 4.59. The SMILES string of the molecule is NC(=O)C[N+]1(Cc2ccccc2)N=Cc2c(-c3ccco3)nc(N)nc21. The number of nitrogens with zero attached hydrogens (tertiary/aromatic N) is 4. The fraction of sp³-hybridized carbons (Fsp3) is 0.111. The number of carbonyl (C=O) groups excluding carboxylic acids is 1. The topological polar surface area (TPSA) is 120 Å². The third-order valence-electron chi connectivity index (χ3n) is 4.20. The molecule has 1 amide bonds. The van der Waals surface area contributed by atoms with E-state index in [0.29, 0.717) is 29.4 Å². The van der Waals surface area contributed by atoms with Gasteiger partial charge in [0.15, 0.2) is 12.3 Å². The molecule has 0 radical (unpaired) electrons. The van der Waals surface area contributed by atoms with E-state index in [0.717, 1.165) is 5.56 Å². The Morgan fingerprint density at radius 1 is 1.12 bits per heavy atom. The zero-order valence-electron chi connectivity index (χ0n) is 13.9. The van der Waals surface area contributed by atoms with E-state index in [4.69, 9.17) is 15.9 Å². The van der Waals surface area contributed by atoms with Crippen molar-refractivity contribution in [2.45, 2.75) is 6.54 Å². The van der Waals surface area contributed by atoms with Crippen LogP contribution in [0.15, 0.2) is 58.2 Å². The minimum Gasteiger partial charge on any atom is -0.463 e. The third-order valence-corrected chi connectivity index (χ3v) is 4.20. The second kappa shape index (κ2) is 6.08. The van der Waals surface area contributed by atoms with E-state index in [1.165, 1.54) is 0 Å². The van der Waals surface area contributed by atoms with Crippen molar-refractivity contribution < 1.29 is 9.21 Å². The summed E-state index contributed by atoms with van der Waals surface area (Å²) in [6, 6.07) is 13.3. The summed E-state index contributed by atoms with van der Waals surface area (Å²) in [5.74, 6) is 0.690. The Kier molecular flexibility index (Phi) is 3.74. The Morgan fingerprint density at radius 2 is 1.92 bits per heavy atom. The largest absolute Gasteiger partial charge is 0.463 e. The maximum Gasteiger partial charge on any atom is 0.275 e. The molecule has 4 rings (SSSR count). The van der Waals surface area contributed by atoms with Crippen LogP contribution in [0, 0.1) is 0 Å². The Bertz CT molecular complexity index is 984. The van der Waals surface area contributed by atoms with Gasteiger partial charge in [-0.25, -0.2) is 4.98 Å². The van der Waals surface area contributed by atoms with Crippen LogP contribution in [-0.2, 0) is 11.3 Å². The first kappa shape index (κ1) is 16.0. The molecular formula is C18H17N6O2+. The van der Waals surface area contributed by atoms with Gasteiger partial charge in [0.25, 0.3) is 11.7 Å². The van der Waals surface area contributed by atoms with Crippen molar-refractivity contribution in [1.82, 2.24) is 14.6 Å². The van der Waals surface area contributed by atoms with Crippen molar-refractivity contribution in [3.05, 3.63) is 59.9 Å². The highest BCUT2D eigenvalue weighted by molar-refractivity contribution is 5.97. The molecule has 1 aliphatic rings. The van der Waals surface area contributed by atoms with Crippen molar-refractivity contribution >= 4 is 23.9 Å². The van der Waals surface area contributed by atoms with Gasteiger partial charge in [-0.15, -0.1) is 4.59 Å². The van der Waals surface area contributed by atoms with Gasteiger partial charge in [0.1, 0.15) is 24.0 Å². The van der Waals surface area contributed by atoms with Crippen molar-refractivity contribution in [3.8, 4) is 11.5 Å². The van der Waals surface area contributed by atoms with E-state index in [1.807, 2.05) is 30.3 Å². The number of rotatable bonds is 5. The standard InChI is InChI=1S/C18H16N6O2/c19-15(25)11-24(10-12-5-2-1-3-6-12)17-13(9-21-24)16(22-18(20)23-17)14-7-4-8-26-14/h1-9H,10-11H2,(H3-,19,20,21,22,23,25)/p+1. The molecule has 0 saturated heterocycles. The predicted molar refractivity (Wildman–Crippen MR) is 97.7 cm³/mol. The van der Waals surface area contributed by atoms with Gasteiger partial charge >= 0.3 is 0 Å². The lowest BCUT2D eigenvalue weighted by atomic mass is 10.1. The summed E-state index contributed by atoms with van der Waals surface area (Å²) >= 11 is 0. The number of anilines is 1. The van der Waals surface area contributed by atoms with Crippen molar-refractivity contribution in [1.29, 1.82) is 0 Å². The van der Waals surface area contributed by atoms with Crippen LogP contribution >= 0.6 is 0 Å². The van der Waals surface area contributed by atoms with Gasteiger partial charge in [-0.05, 0) is 12.1 Å². The molecule has 0 saturated carbocycles. The lowest BCUT2D eigenvalue weighted by Crippen LogP contribution is -2.48. The molecule has 4 N–H and O–H groups in total. The van der Waals surface area contributed by atoms with Crippen LogP contribution in [0.25, 0.3) is 11.5 Å². The molecule has 26 heavy (non-hydrogen) atoms. The van der Waals surface area contributed by atoms with E-state index >= 15 is 0 Å². The Hall–Kier alpha value is -3.52. The average molecular weight is 349 g/mol. The maximum atomic E-state index is 11.8. The molecule has 8 heteroatoms. The second-order valence-electron chi connectivity index (χ2n) is 6.08. The monoisotopic (exact) mass is 349 g/mol. The molecule has 0 bridgehead atoms. The molecule has 0 fully saturated rings. The highest BCUT2D eigenvalue weighted by atomic mass is 16.3. The summed E-state index contributed by atoms with van der Waals surface area (Å²) < 4.78 is 5.37. The lowest BCUT2D eigenvalue weighted by molar-refractivity contribution is -0.119. The number of aromatic nitrogens is 2. The van der Waals surface area contributed by atoms with Gasteiger partial charge < -0.3 is 15.9 Å². The number of amides is 1. The van der Waals surface area contributed by atoms with Gasteiger partial charge in [-0.3, -0.25) is 4.79 Å². The summed E-state index contributed by atoms with van der Waals surface area (Å²) in [7, 11) is 0. The van der Waals surface area contributed by atoms with Crippen LogP contribution in [0.5, 0.6) is 0 Å². The Morgan fingerprint density at radius 3 is 2.62 bits per heavy atom. The van der Waals surface area contributed by atoms with Crippen LogP contribution in [0.2, 0.25) is 0 Å². The summed E-state index contributed by atoms with van der Waals surface area (Å²) in [5.41, 5.74) is 13.7. The first-order valence-electron chi connectivity index (χ1n) is 8.04. The average Bonchev–Trinajstić information content (AvgIpc) is 3.24. The zero-order valence-corrected chi connectivity index (χ0v) is 13.9. The molecule has 0 aliphatic carbocycles. The van der Waals surface area contributed by atoms with E-state index in [1.54, 1.807) is 24.6 Å². The Balaban J connectivity index is 1.87. The van der Waals surface area contributed by atoms with Gasteiger partial charge in [-0.1, -0.05) is 35.4 Å². The quantitative estimate of drug-likeness (QED) is 0.679. The van der Waals surface area contributed by atoms with Crippen LogP contribution in [0.4, 0.5) is 11.8 Å². The molecule has 1 aliphatic heterocycles. The fourth-order valence-corrected chi connectivity index (χ4v) is 3.17. The highest BCUT2D eigenvalue weighted by Gasteiger charge is 2.43. The van der Waals surface area contributed by atoms with Crippen molar-refractivity contribution in [2.75, 3.05) is 12.3 Å². The van der Waals surface area contributed by atoms with Crippen molar-refractivity contribution in [2.24, 2.45) is 10.8 Å². The molecule has 1 unspecified atom stereocenters. The molecule has 3 aromatic rings. The normalized spacial score (nSPS) is 18.0. The number of nitrogen functional groups attached to an aromatic ring is 1. The van der Waals surface area contributed by atoms with E-state index < -0.39 is 5.91 Å². The van der Waals surface area contributed by atoms with Crippen LogP contribution in [0.1, 0.15) is 11.1 Å². The molecular weight excluding hydrogens is 332 g/mol. The van der Waals surface area contributed by atoms with Crippen LogP contribution < -0.4 is 16.1 Å². The van der Waals surface area contributed by atoms with Gasteiger partial charge in [0.05, 0.1) is 6.26 Å². The van der Waals surface area contributed by atoms with Gasteiger partial charge in [-0.2, -0.15) is 4.98 Å². The summed E-state index contributed by atoms with van der Waals surface area (Å²) in [4.78, 5) is 20.5. The maximum absolute atomic E-state index is 11.8. The van der Waals surface area contributed by atoms with Crippen LogP contribution in [0.3, 0.4) is 0 Å². The number of benzene rings is 1. The predicted octanol–water partition coefficient (Wildman–Crippen LogP) is 1.66. The fourth-order valence-electron chi connectivity index (χ4n) is 3.17. The molecule has 2 aromatic heterocycles. The minimum atomic E-state index is -0.484. The molecule has 1 aromatic carbocycles. The van der Waals surface area contributed by atoms with Gasteiger partial charge in [0.2, 0.25) is 5.95 Å². The Labute approximate surface area is 149 Å². The smallest absolute Gasteiger partial charge is 0.275 e. The minimum absolute atomic E-state index is 0.0353. The molecule has 1 atom stereocenters. The number of fused-ring (bicyclic) bond motifs is 1. The lowest BCUT2D eigenvalue weighted by Gasteiger charge is -2.27. The third kappa shape index (κ3) is 2.72. The summed E-state index contributed by atoms with van der Waals surface area (Å²) in [6.07, 6.45) is 3.21. The number of carbonyl (C=O) groups is 1. The first-order valence-corrected chi connectivity index (χ1v) is 8.04. The van der Waals surface area contributed by atoms with Crippen LogP contribution in [-0.4, -0.2) is 28.6 Å². The highest BCUT2D eigenvalue weighted by Crippen LogP contribution is 2.37. The zero-order chi connectivity index (χ0) is 18.1. The summed E-state index contributed by atoms with van der Waals surface area (Å²) in [6.45, 7) is 0.383. The van der Waals surface area contributed by atoms with Crippen molar-refractivity contribution in [3.63, 3.8) is 0 Å². The molecule has 0 spiro atoms. The molecule has 3 heterocycles. The number of hydrogen-bond acceptors (Lipinski definition) is 6. The number of hydrogen-bond donors (Lipinski definition) is 2. The van der Waals surface area contributed by atoms with E-state index in [9.17, 15) is 4.79 Å². The molecule has 8 nitrogen and oxygen atoms in total.